The third kappa shape index (κ3) is 2.62. The number of benzene rings is 1. The fraction of sp³-hybridized carbons (Fsp3) is 0.300. The number of ether oxygens (including phenoxy) is 1. The van der Waals surface area contributed by atoms with E-state index in [-0.39, 0.29) is 5.82 Å². The first-order valence-corrected chi connectivity index (χ1v) is 4.01. The van der Waals surface area contributed by atoms with E-state index in [4.69, 9.17) is 4.74 Å². The highest BCUT2D eigenvalue weighted by Gasteiger charge is 1.98. The van der Waals surface area contributed by atoms with Gasteiger partial charge in [0.05, 0.1) is 13.2 Å². The van der Waals surface area contributed by atoms with Gasteiger partial charge >= 0.3 is 0 Å². The van der Waals surface area contributed by atoms with Gasteiger partial charge in [0.15, 0.2) is 0 Å². The number of rotatable bonds is 4. The van der Waals surface area contributed by atoms with Gasteiger partial charge in [0.25, 0.3) is 0 Å². The Morgan fingerprint density at radius 3 is 2.83 bits per heavy atom. The van der Waals surface area contributed by atoms with Crippen LogP contribution in [0, 0.1) is 12.4 Å². The summed E-state index contributed by atoms with van der Waals surface area (Å²) >= 11 is 0. The molecular formula is C10H12FO. The quantitative estimate of drug-likeness (QED) is 0.626. The molecule has 0 fully saturated rings. The van der Waals surface area contributed by atoms with Crippen molar-refractivity contribution in [3.8, 4) is 0 Å². The maximum absolute atomic E-state index is 12.9. The summed E-state index contributed by atoms with van der Waals surface area (Å²) in [6.45, 7) is 3.97. The third-order valence-corrected chi connectivity index (χ3v) is 1.48. The maximum atomic E-state index is 12.9. The molecule has 0 heterocycles. The molecule has 0 bridgehead atoms. The zero-order valence-corrected chi connectivity index (χ0v) is 7.09. The van der Waals surface area contributed by atoms with Gasteiger partial charge in [0, 0.05) is 5.56 Å². The van der Waals surface area contributed by atoms with Crippen molar-refractivity contribution >= 4 is 0 Å². The Bertz CT molecular complexity index is 235. The van der Waals surface area contributed by atoms with Crippen LogP contribution in [-0.2, 0) is 11.3 Å². The van der Waals surface area contributed by atoms with Gasteiger partial charge in [-0.1, -0.05) is 25.1 Å². The first-order valence-electron chi connectivity index (χ1n) is 4.01. The van der Waals surface area contributed by atoms with Crippen LogP contribution >= 0.6 is 0 Å². The molecule has 1 aromatic carbocycles. The average Bonchev–Trinajstić information content (AvgIpc) is 2.09. The van der Waals surface area contributed by atoms with E-state index in [1.54, 1.807) is 24.8 Å². The fourth-order valence-electron chi connectivity index (χ4n) is 0.882. The van der Waals surface area contributed by atoms with E-state index in [9.17, 15) is 4.39 Å². The van der Waals surface area contributed by atoms with Crippen LogP contribution in [0.3, 0.4) is 0 Å². The van der Waals surface area contributed by atoms with E-state index >= 15 is 0 Å². The lowest BCUT2D eigenvalue weighted by atomic mass is 10.2. The molecule has 0 N–H and O–H groups in total. The monoisotopic (exact) mass is 167 g/mol. The molecule has 0 aliphatic heterocycles. The normalized spacial score (nSPS) is 10.2. The molecule has 0 saturated heterocycles. The van der Waals surface area contributed by atoms with Crippen LogP contribution in [0.5, 0.6) is 0 Å². The average molecular weight is 167 g/mol. The van der Waals surface area contributed by atoms with Gasteiger partial charge in [-0.25, -0.2) is 4.39 Å². The highest BCUT2D eigenvalue weighted by Crippen LogP contribution is 2.08. The molecule has 65 valence electrons. The Labute approximate surface area is 72.2 Å². The molecule has 1 radical (unpaired) electrons. The zero-order chi connectivity index (χ0) is 8.81. The SMILES string of the molecule is CC[CH]OCc1ccccc1F. The van der Waals surface area contributed by atoms with Crippen LogP contribution in [0.1, 0.15) is 18.9 Å². The molecule has 0 spiro atoms. The van der Waals surface area contributed by atoms with Crippen molar-refractivity contribution in [1.82, 2.24) is 0 Å². The molecule has 0 amide bonds. The smallest absolute Gasteiger partial charge is 0.128 e. The van der Waals surface area contributed by atoms with Crippen LogP contribution in [-0.4, -0.2) is 0 Å². The van der Waals surface area contributed by atoms with Crippen molar-refractivity contribution in [3.63, 3.8) is 0 Å². The van der Waals surface area contributed by atoms with Gasteiger partial charge < -0.3 is 4.74 Å². The second-order valence-corrected chi connectivity index (χ2v) is 2.48. The van der Waals surface area contributed by atoms with Gasteiger partial charge in [-0.15, -0.1) is 0 Å². The Balaban J connectivity index is 2.46. The van der Waals surface area contributed by atoms with Gasteiger partial charge in [0.1, 0.15) is 5.82 Å². The second-order valence-electron chi connectivity index (χ2n) is 2.48. The minimum atomic E-state index is -0.206. The van der Waals surface area contributed by atoms with Crippen LogP contribution in [0.25, 0.3) is 0 Å². The standard InChI is InChI=1S/C10H12FO/c1-2-7-12-8-9-5-3-4-6-10(9)11/h3-7H,2,8H2,1H3. The Kier molecular flexibility index (Phi) is 3.74. The molecule has 0 saturated carbocycles. The molecule has 1 aromatic rings. The largest absolute Gasteiger partial charge is 0.371 e. The van der Waals surface area contributed by atoms with Crippen molar-refractivity contribution < 1.29 is 9.13 Å². The van der Waals surface area contributed by atoms with Gasteiger partial charge in [-0.05, 0) is 12.5 Å². The maximum Gasteiger partial charge on any atom is 0.128 e. The van der Waals surface area contributed by atoms with E-state index in [0.29, 0.717) is 12.2 Å². The molecule has 0 aliphatic rings. The molecule has 0 atom stereocenters. The lowest BCUT2D eigenvalue weighted by molar-refractivity contribution is 0.177. The lowest BCUT2D eigenvalue weighted by Crippen LogP contribution is -1.92. The molecule has 0 unspecified atom stereocenters. The number of hydrogen-bond donors (Lipinski definition) is 0. The molecule has 2 heteroatoms. The summed E-state index contributed by atoms with van der Waals surface area (Å²) in [6, 6.07) is 6.62. The summed E-state index contributed by atoms with van der Waals surface area (Å²) in [5, 5.41) is 0. The van der Waals surface area contributed by atoms with Crippen LogP contribution in [0.2, 0.25) is 0 Å². The van der Waals surface area contributed by atoms with Crippen molar-refractivity contribution in [1.29, 1.82) is 0 Å². The van der Waals surface area contributed by atoms with E-state index in [2.05, 4.69) is 0 Å². The van der Waals surface area contributed by atoms with Crippen LogP contribution < -0.4 is 0 Å². The topological polar surface area (TPSA) is 9.23 Å². The minimum Gasteiger partial charge on any atom is -0.371 e. The molecule has 0 aromatic heterocycles. The molecular weight excluding hydrogens is 155 g/mol. The highest BCUT2D eigenvalue weighted by molar-refractivity contribution is 5.16. The van der Waals surface area contributed by atoms with E-state index in [1.807, 2.05) is 6.92 Å². The third-order valence-electron chi connectivity index (χ3n) is 1.48. The summed E-state index contributed by atoms with van der Waals surface area (Å²) in [6.07, 6.45) is 0.842. The summed E-state index contributed by atoms with van der Waals surface area (Å²) in [5.74, 6) is -0.206. The predicted octanol–water partition coefficient (Wildman–Crippen LogP) is 2.91. The predicted molar refractivity (Wildman–Crippen MR) is 45.8 cm³/mol. The highest BCUT2D eigenvalue weighted by atomic mass is 19.1. The summed E-state index contributed by atoms with van der Waals surface area (Å²) in [5.41, 5.74) is 0.599. The lowest BCUT2D eigenvalue weighted by Gasteiger charge is -2.02. The van der Waals surface area contributed by atoms with Gasteiger partial charge in [0.2, 0.25) is 0 Å². The van der Waals surface area contributed by atoms with Crippen molar-refractivity contribution in [2.45, 2.75) is 20.0 Å². The molecule has 0 aliphatic carbocycles. The van der Waals surface area contributed by atoms with E-state index in [0.717, 1.165) is 6.42 Å². The Morgan fingerprint density at radius 2 is 2.17 bits per heavy atom. The summed E-state index contributed by atoms with van der Waals surface area (Å²) < 4.78 is 18.0. The Hall–Kier alpha value is -0.890. The van der Waals surface area contributed by atoms with E-state index < -0.39 is 0 Å². The van der Waals surface area contributed by atoms with Crippen molar-refractivity contribution in [3.05, 3.63) is 42.3 Å². The Morgan fingerprint density at radius 1 is 1.42 bits per heavy atom. The van der Waals surface area contributed by atoms with E-state index in [1.165, 1.54) is 6.07 Å². The zero-order valence-electron chi connectivity index (χ0n) is 7.09. The molecule has 1 nitrogen and oxygen atoms in total. The minimum absolute atomic E-state index is 0.206. The first-order chi connectivity index (χ1) is 5.84. The van der Waals surface area contributed by atoms with Crippen molar-refractivity contribution in [2.24, 2.45) is 0 Å². The molecule has 1 rings (SSSR count). The number of hydrogen-bond acceptors (Lipinski definition) is 1. The summed E-state index contributed by atoms with van der Waals surface area (Å²) in [7, 11) is 0. The fourth-order valence-corrected chi connectivity index (χ4v) is 0.882. The second kappa shape index (κ2) is 4.88. The first kappa shape index (κ1) is 9.20. The van der Waals surface area contributed by atoms with Crippen LogP contribution in [0.15, 0.2) is 24.3 Å². The van der Waals surface area contributed by atoms with Gasteiger partial charge in [-0.3, -0.25) is 0 Å². The number of halogens is 1. The molecule has 12 heavy (non-hydrogen) atoms. The summed E-state index contributed by atoms with van der Waals surface area (Å²) in [4.78, 5) is 0. The van der Waals surface area contributed by atoms with Crippen LogP contribution in [0.4, 0.5) is 4.39 Å². The van der Waals surface area contributed by atoms with Gasteiger partial charge in [-0.2, -0.15) is 0 Å². The van der Waals surface area contributed by atoms with Crippen molar-refractivity contribution in [2.75, 3.05) is 0 Å².